The van der Waals surface area contributed by atoms with E-state index < -0.39 is 9.05 Å². The molecule has 2 N–H and O–H groups in total. The maximum atomic E-state index is 9.11. The second kappa shape index (κ2) is 21.0. The van der Waals surface area contributed by atoms with Crippen molar-refractivity contribution in [2.24, 2.45) is 0 Å². The van der Waals surface area contributed by atoms with E-state index in [1.54, 1.807) is 0 Å². The maximum absolute atomic E-state index is 9.11. The van der Waals surface area contributed by atoms with Gasteiger partial charge in [0.15, 0.2) is 0 Å². The summed E-state index contributed by atoms with van der Waals surface area (Å²) in [5, 5.41) is 0. The molecule has 0 aliphatic carbocycles. The number of hydrogen-bond acceptors (Lipinski definition) is 2. The molecule has 0 aromatic heterocycles. The zero-order valence-electron chi connectivity index (χ0n) is 8.72. The van der Waals surface area contributed by atoms with Crippen LogP contribution in [0.15, 0.2) is 0 Å². The van der Waals surface area contributed by atoms with Crippen molar-refractivity contribution < 1.29 is 217 Å². The van der Waals surface area contributed by atoms with E-state index in [9.17, 15) is 0 Å². The van der Waals surface area contributed by atoms with Gasteiger partial charge >= 0.3 is 154 Å². The molecule has 0 aromatic carbocycles. The van der Waals surface area contributed by atoms with Gasteiger partial charge in [-0.25, -0.2) is 0 Å². The maximum Gasteiger partial charge on any atom is 1.00 e. The molecule has 0 aliphatic heterocycles. The molecule has 10 heavy (non-hydrogen) atoms. The molecule has 0 saturated carbocycles. The molecule has 0 saturated heterocycles. The molecule has 0 rings (SSSR count). The Morgan fingerprint density at radius 3 is 1.10 bits per heavy atom. The Kier molecular flexibility index (Phi) is 75.6. The largest absolute Gasteiger partial charge is 1.00 e. The van der Waals surface area contributed by atoms with Crippen molar-refractivity contribution in [2.75, 3.05) is 0 Å². The Hall–Kier alpha value is 6.68. The molecule has 0 fully saturated rings. The Labute approximate surface area is 229 Å². The molecule has 2 radical (unpaired) electrons. The van der Waals surface area contributed by atoms with E-state index in [0.717, 1.165) is 0 Å². The van der Waals surface area contributed by atoms with Crippen molar-refractivity contribution in [3.05, 3.63) is 0 Å². The molecule has 0 heterocycles. The van der Waals surface area contributed by atoms with E-state index in [0.29, 0.717) is 0 Å². The zero-order valence-corrected chi connectivity index (χ0v) is 21.1. The molecule has 0 spiro atoms. The third-order valence-electron chi connectivity index (χ3n) is 0. The van der Waals surface area contributed by atoms with Gasteiger partial charge in [0, 0.05) is 55.9 Å². The molecular formula is H5Au2K3O3S2. The molecule has 0 atom stereocenters. The first-order valence-corrected chi connectivity index (χ1v) is 3.10. The van der Waals surface area contributed by atoms with Crippen LogP contribution < -0.4 is 154 Å². The van der Waals surface area contributed by atoms with Crippen molar-refractivity contribution >= 4 is 20.2 Å². The first-order chi connectivity index (χ1) is 2.00. The van der Waals surface area contributed by atoms with Crippen LogP contribution in [0.25, 0.3) is 0 Å². The average molecular weight is 628 g/mol. The van der Waals surface area contributed by atoms with Gasteiger partial charge in [0.05, 0.1) is 0 Å². The van der Waals surface area contributed by atoms with Gasteiger partial charge in [-0.2, -0.15) is 4.21 Å². The summed E-state index contributed by atoms with van der Waals surface area (Å²) in [6, 6.07) is 0. The third kappa shape index (κ3) is 61.6. The molecular weight excluding hydrogens is 623 g/mol. The SMILES string of the molecule is O=S(O)(O)=S.[Au].[Au].[H-].[H-].[H-].[K+].[K+].[K+]. The zero-order chi connectivity index (χ0) is 4.50. The van der Waals surface area contributed by atoms with Gasteiger partial charge < -0.3 is 4.28 Å². The second-order valence-electron chi connectivity index (χ2n) is 0.448. The standard InChI is InChI=1S/2Au.3K.H2O3S2.3H/c;;;;;1-5(2,3)4;;;/h;;;;;(H2,1,2,3,4);;;/q;;3*+1;;3*-1. The minimum atomic E-state index is -3.83. The molecule has 3 nitrogen and oxygen atoms in total. The Morgan fingerprint density at radius 2 is 1.10 bits per heavy atom. The van der Waals surface area contributed by atoms with E-state index in [4.69, 9.17) is 13.3 Å². The minimum Gasteiger partial charge on any atom is -1.00 e. The van der Waals surface area contributed by atoms with Gasteiger partial charge in [-0.15, -0.1) is 0 Å². The summed E-state index contributed by atoms with van der Waals surface area (Å²) in [4.78, 5) is 0. The third-order valence-corrected chi connectivity index (χ3v) is 0. The van der Waals surface area contributed by atoms with Crippen LogP contribution in [0.4, 0.5) is 0 Å². The van der Waals surface area contributed by atoms with E-state index in [1.807, 2.05) is 0 Å². The van der Waals surface area contributed by atoms with Gasteiger partial charge in [-0.1, -0.05) is 0 Å². The average Bonchev–Trinajstić information content (AvgIpc) is 0.722. The van der Waals surface area contributed by atoms with Crippen LogP contribution in [0.5, 0.6) is 0 Å². The summed E-state index contributed by atoms with van der Waals surface area (Å²) in [6.07, 6.45) is 0. The fraction of sp³-hybridized carbons (Fsp3) is 0. The Morgan fingerprint density at radius 1 is 1.10 bits per heavy atom. The van der Waals surface area contributed by atoms with E-state index in [2.05, 4.69) is 11.2 Å². The molecule has 0 aliphatic rings. The monoisotopic (exact) mass is 628 g/mol. The smallest absolute Gasteiger partial charge is 1.00 e. The summed E-state index contributed by atoms with van der Waals surface area (Å²) < 4.78 is 24.0. The van der Waals surface area contributed by atoms with E-state index >= 15 is 0 Å². The van der Waals surface area contributed by atoms with E-state index in [-0.39, 0.29) is 203 Å². The van der Waals surface area contributed by atoms with Crippen LogP contribution in [0, 0.1) is 0 Å². The van der Waals surface area contributed by atoms with Crippen LogP contribution in [0.1, 0.15) is 4.28 Å². The number of hydrogen-bond donors (Lipinski definition) is 2. The van der Waals surface area contributed by atoms with Gasteiger partial charge in [-0.3, -0.25) is 9.11 Å². The van der Waals surface area contributed by atoms with Crippen molar-refractivity contribution in [1.29, 1.82) is 0 Å². The fourth-order valence-corrected chi connectivity index (χ4v) is 0. The first kappa shape index (κ1) is 36.0. The minimum absolute atomic E-state index is 0. The molecule has 0 unspecified atom stereocenters. The summed E-state index contributed by atoms with van der Waals surface area (Å²) >= 11 is 3.47. The normalized spacial score (nSPS) is 5.80. The van der Waals surface area contributed by atoms with Crippen LogP contribution in [0.2, 0.25) is 0 Å². The molecule has 0 amide bonds. The predicted octanol–water partition coefficient (Wildman–Crippen LogP) is -8.98. The van der Waals surface area contributed by atoms with Crippen LogP contribution in [-0.2, 0) is 65.0 Å². The predicted molar refractivity (Wildman–Crippen MR) is 24.1 cm³/mol. The van der Waals surface area contributed by atoms with Crippen molar-refractivity contribution in [1.82, 2.24) is 0 Å². The Bertz CT molecular complexity index is 113. The summed E-state index contributed by atoms with van der Waals surface area (Å²) in [7, 11) is -3.83. The topological polar surface area (TPSA) is 57.5 Å². The van der Waals surface area contributed by atoms with Gasteiger partial charge in [0.25, 0.3) is 9.05 Å². The van der Waals surface area contributed by atoms with Gasteiger partial charge in [0.1, 0.15) is 0 Å². The first-order valence-electron chi connectivity index (χ1n) is 0.698. The van der Waals surface area contributed by atoms with Crippen molar-refractivity contribution in [3.63, 3.8) is 0 Å². The fourth-order valence-electron chi connectivity index (χ4n) is 0. The summed E-state index contributed by atoms with van der Waals surface area (Å²) in [6.45, 7) is 0. The molecule has 10 heteroatoms. The van der Waals surface area contributed by atoms with Crippen LogP contribution in [-0.4, -0.2) is 13.3 Å². The van der Waals surface area contributed by atoms with Crippen molar-refractivity contribution in [3.8, 4) is 0 Å². The quantitative estimate of drug-likeness (QED) is 0.262. The molecule has 0 bridgehead atoms. The van der Waals surface area contributed by atoms with E-state index in [1.165, 1.54) is 0 Å². The van der Waals surface area contributed by atoms with Crippen LogP contribution in [0.3, 0.4) is 0 Å². The summed E-state index contributed by atoms with van der Waals surface area (Å²) in [5.41, 5.74) is 0. The van der Waals surface area contributed by atoms with Crippen LogP contribution >= 0.6 is 0 Å². The molecule has 0 aromatic rings. The second-order valence-corrected chi connectivity index (χ2v) is 2.65. The summed E-state index contributed by atoms with van der Waals surface area (Å²) in [5.74, 6) is 0. The van der Waals surface area contributed by atoms with Crippen molar-refractivity contribution in [2.45, 2.75) is 0 Å². The molecule has 60 valence electrons. The van der Waals surface area contributed by atoms with Gasteiger partial charge in [0.2, 0.25) is 0 Å². The Balaban J connectivity index is -0.00000000286. The van der Waals surface area contributed by atoms with Gasteiger partial charge in [-0.05, 0) is 0 Å². The number of rotatable bonds is 0.